The molecular formula is C20H27NO3. The Kier molecular flexibility index (Phi) is 4.68. The molecule has 0 aliphatic carbocycles. The third-order valence-corrected chi connectivity index (χ3v) is 4.55. The zero-order valence-corrected chi connectivity index (χ0v) is 15.0. The van der Waals surface area contributed by atoms with Crippen molar-refractivity contribution in [2.24, 2.45) is 0 Å². The van der Waals surface area contributed by atoms with Crippen LogP contribution in [0, 0.1) is 0 Å². The van der Waals surface area contributed by atoms with Gasteiger partial charge in [0.1, 0.15) is 5.60 Å². The second kappa shape index (κ2) is 6.60. The smallest absolute Gasteiger partial charge is 0.411 e. The number of ether oxygens (including phenoxy) is 2. The summed E-state index contributed by atoms with van der Waals surface area (Å²) in [5.41, 5.74) is 3.50. The summed E-state index contributed by atoms with van der Waals surface area (Å²) in [5.74, 6) is 0. The van der Waals surface area contributed by atoms with Crippen molar-refractivity contribution >= 4 is 11.7 Å². The number of nitrogens with zero attached hydrogens (tertiary/aromatic N) is 1. The SMILES string of the molecule is CCc1ccccc1C1=CC2COCC(C1)N2C(=O)OC(C)(C)C. The van der Waals surface area contributed by atoms with E-state index in [1.165, 1.54) is 16.7 Å². The summed E-state index contributed by atoms with van der Waals surface area (Å²) in [6.07, 6.45) is 3.77. The van der Waals surface area contributed by atoms with E-state index >= 15 is 0 Å². The minimum atomic E-state index is -0.481. The maximum atomic E-state index is 12.6. The average molecular weight is 329 g/mol. The minimum Gasteiger partial charge on any atom is -0.444 e. The molecule has 2 aliphatic rings. The van der Waals surface area contributed by atoms with Gasteiger partial charge in [-0.1, -0.05) is 37.3 Å². The highest BCUT2D eigenvalue weighted by molar-refractivity contribution is 5.75. The van der Waals surface area contributed by atoms with Gasteiger partial charge >= 0.3 is 6.09 Å². The summed E-state index contributed by atoms with van der Waals surface area (Å²) in [4.78, 5) is 14.5. The maximum Gasteiger partial charge on any atom is 0.411 e. The molecule has 1 aromatic carbocycles. The molecule has 0 radical (unpaired) electrons. The van der Waals surface area contributed by atoms with Gasteiger partial charge in [0.25, 0.3) is 0 Å². The molecular weight excluding hydrogens is 302 g/mol. The van der Waals surface area contributed by atoms with Crippen LogP contribution in [0.2, 0.25) is 0 Å². The molecule has 0 aromatic heterocycles. The summed E-state index contributed by atoms with van der Waals surface area (Å²) in [6.45, 7) is 8.99. The van der Waals surface area contributed by atoms with Crippen molar-refractivity contribution in [3.05, 3.63) is 41.5 Å². The van der Waals surface area contributed by atoms with Gasteiger partial charge in [-0.2, -0.15) is 0 Å². The molecule has 1 saturated heterocycles. The molecule has 4 heteroatoms. The largest absolute Gasteiger partial charge is 0.444 e. The zero-order valence-electron chi connectivity index (χ0n) is 15.0. The monoisotopic (exact) mass is 329 g/mol. The number of carbonyl (C=O) groups excluding carboxylic acids is 1. The van der Waals surface area contributed by atoms with Gasteiger partial charge in [-0.05, 0) is 50.3 Å². The Hall–Kier alpha value is -1.81. The maximum absolute atomic E-state index is 12.6. The Balaban J connectivity index is 1.89. The number of morpholine rings is 1. The van der Waals surface area contributed by atoms with Crippen molar-refractivity contribution in [1.82, 2.24) is 4.90 Å². The lowest BCUT2D eigenvalue weighted by Gasteiger charge is -2.44. The summed E-state index contributed by atoms with van der Waals surface area (Å²) >= 11 is 0. The molecule has 24 heavy (non-hydrogen) atoms. The van der Waals surface area contributed by atoms with Gasteiger partial charge in [-0.3, -0.25) is 4.90 Å². The van der Waals surface area contributed by atoms with Gasteiger partial charge in [0, 0.05) is 0 Å². The molecule has 2 heterocycles. The van der Waals surface area contributed by atoms with Gasteiger partial charge in [0.05, 0.1) is 25.3 Å². The Morgan fingerprint density at radius 3 is 2.71 bits per heavy atom. The Labute approximate surface area is 144 Å². The van der Waals surface area contributed by atoms with Crippen LogP contribution in [-0.4, -0.2) is 41.9 Å². The van der Waals surface area contributed by atoms with Gasteiger partial charge in [0.15, 0.2) is 0 Å². The molecule has 0 saturated carbocycles. The fourth-order valence-corrected chi connectivity index (χ4v) is 3.54. The van der Waals surface area contributed by atoms with E-state index in [0.29, 0.717) is 13.2 Å². The number of aryl methyl sites for hydroxylation is 1. The molecule has 1 fully saturated rings. The molecule has 0 N–H and O–H groups in total. The third kappa shape index (κ3) is 3.48. The lowest BCUT2D eigenvalue weighted by Crippen LogP contribution is -2.57. The molecule has 3 rings (SSSR count). The van der Waals surface area contributed by atoms with E-state index in [-0.39, 0.29) is 18.2 Å². The fraction of sp³-hybridized carbons (Fsp3) is 0.550. The Bertz CT molecular complexity index is 645. The van der Waals surface area contributed by atoms with Crippen LogP contribution in [0.25, 0.3) is 5.57 Å². The number of amides is 1. The van der Waals surface area contributed by atoms with Crippen LogP contribution >= 0.6 is 0 Å². The van der Waals surface area contributed by atoms with Gasteiger partial charge in [-0.15, -0.1) is 0 Å². The molecule has 2 atom stereocenters. The first-order valence-electron chi connectivity index (χ1n) is 8.77. The highest BCUT2D eigenvalue weighted by atomic mass is 16.6. The van der Waals surface area contributed by atoms with Crippen LogP contribution in [-0.2, 0) is 15.9 Å². The summed E-state index contributed by atoms with van der Waals surface area (Å²) in [5, 5.41) is 0. The lowest BCUT2D eigenvalue weighted by atomic mass is 9.87. The van der Waals surface area contributed by atoms with Crippen LogP contribution in [0.4, 0.5) is 4.79 Å². The first-order valence-corrected chi connectivity index (χ1v) is 8.77. The van der Waals surface area contributed by atoms with E-state index in [9.17, 15) is 4.79 Å². The summed E-state index contributed by atoms with van der Waals surface area (Å²) < 4.78 is 11.3. The van der Waals surface area contributed by atoms with Crippen LogP contribution in [0.15, 0.2) is 30.3 Å². The Morgan fingerprint density at radius 2 is 2.04 bits per heavy atom. The van der Waals surface area contributed by atoms with Crippen molar-refractivity contribution < 1.29 is 14.3 Å². The second-order valence-electron chi connectivity index (χ2n) is 7.55. The molecule has 1 aromatic rings. The van der Waals surface area contributed by atoms with Crippen molar-refractivity contribution in [3.8, 4) is 0 Å². The van der Waals surface area contributed by atoms with E-state index < -0.39 is 5.60 Å². The third-order valence-electron chi connectivity index (χ3n) is 4.55. The van der Waals surface area contributed by atoms with Crippen LogP contribution < -0.4 is 0 Å². The normalized spacial score (nSPS) is 23.7. The van der Waals surface area contributed by atoms with Gasteiger partial charge in [0.2, 0.25) is 0 Å². The first kappa shape index (κ1) is 17.0. The number of fused-ring (bicyclic) bond motifs is 2. The molecule has 4 nitrogen and oxygen atoms in total. The zero-order chi connectivity index (χ0) is 17.3. The van der Waals surface area contributed by atoms with Gasteiger partial charge in [-0.25, -0.2) is 4.79 Å². The van der Waals surface area contributed by atoms with Crippen molar-refractivity contribution in [2.45, 2.75) is 58.2 Å². The summed E-state index contributed by atoms with van der Waals surface area (Å²) in [7, 11) is 0. The van der Waals surface area contributed by atoms with E-state index in [1.54, 1.807) is 0 Å². The number of carbonyl (C=O) groups is 1. The van der Waals surface area contributed by atoms with Crippen LogP contribution in [0.3, 0.4) is 0 Å². The minimum absolute atomic E-state index is 0.0449. The Morgan fingerprint density at radius 1 is 1.29 bits per heavy atom. The molecule has 2 unspecified atom stereocenters. The van der Waals surface area contributed by atoms with E-state index in [4.69, 9.17) is 9.47 Å². The number of benzene rings is 1. The highest BCUT2D eigenvalue weighted by Crippen LogP contribution is 2.34. The van der Waals surface area contributed by atoms with E-state index in [2.05, 4.69) is 37.3 Å². The summed E-state index contributed by atoms with van der Waals surface area (Å²) in [6, 6.07) is 8.54. The molecule has 1 amide bonds. The number of hydrogen-bond donors (Lipinski definition) is 0. The van der Waals surface area contributed by atoms with Crippen LogP contribution in [0.5, 0.6) is 0 Å². The van der Waals surface area contributed by atoms with E-state index in [1.807, 2.05) is 25.7 Å². The predicted molar refractivity (Wildman–Crippen MR) is 94.9 cm³/mol. The molecule has 130 valence electrons. The number of hydrogen-bond acceptors (Lipinski definition) is 3. The second-order valence-corrected chi connectivity index (χ2v) is 7.55. The number of rotatable bonds is 2. The standard InChI is InChI=1S/C20H27NO3/c1-5-14-8-6-7-9-18(14)15-10-16-12-23-13-17(11-15)21(16)19(22)24-20(2,3)4/h6-10,16-17H,5,11-13H2,1-4H3. The molecule has 0 spiro atoms. The predicted octanol–water partition coefficient (Wildman–Crippen LogP) is 4.04. The molecule has 2 bridgehead atoms. The van der Waals surface area contributed by atoms with Crippen LogP contribution in [0.1, 0.15) is 45.2 Å². The van der Waals surface area contributed by atoms with Crippen molar-refractivity contribution in [3.63, 3.8) is 0 Å². The first-order chi connectivity index (χ1) is 11.4. The lowest BCUT2D eigenvalue weighted by molar-refractivity contribution is -0.0510. The van der Waals surface area contributed by atoms with Gasteiger partial charge < -0.3 is 9.47 Å². The highest BCUT2D eigenvalue weighted by Gasteiger charge is 2.40. The quantitative estimate of drug-likeness (QED) is 0.822. The molecule has 2 aliphatic heterocycles. The fourth-order valence-electron chi connectivity index (χ4n) is 3.54. The van der Waals surface area contributed by atoms with E-state index in [0.717, 1.165) is 12.8 Å². The topological polar surface area (TPSA) is 38.8 Å². The van der Waals surface area contributed by atoms with Crippen molar-refractivity contribution in [2.75, 3.05) is 13.2 Å². The average Bonchev–Trinajstić information content (AvgIpc) is 2.52. The van der Waals surface area contributed by atoms with Crippen molar-refractivity contribution in [1.29, 1.82) is 0 Å².